The lowest BCUT2D eigenvalue weighted by Crippen LogP contribution is -2.35. The van der Waals surface area contributed by atoms with Gasteiger partial charge in [0.15, 0.2) is 0 Å². The number of halogens is 2. The minimum Gasteiger partial charge on any atom is -0.457 e. The molecular formula is C20H12BrClN2O3. The molecule has 0 saturated carbocycles. The Morgan fingerprint density at radius 3 is 2.63 bits per heavy atom. The van der Waals surface area contributed by atoms with Gasteiger partial charge in [0.1, 0.15) is 17.1 Å². The summed E-state index contributed by atoms with van der Waals surface area (Å²) in [5, 5.41) is 1.63. The highest BCUT2D eigenvalue weighted by atomic mass is 79.9. The van der Waals surface area contributed by atoms with Crippen LogP contribution < -0.4 is 10.4 Å². The zero-order chi connectivity index (χ0) is 19.0. The van der Waals surface area contributed by atoms with Crippen molar-refractivity contribution in [3.8, 4) is 11.3 Å². The first-order chi connectivity index (χ1) is 13.0. The molecule has 2 amide bonds. The van der Waals surface area contributed by atoms with Crippen molar-refractivity contribution in [2.24, 2.45) is 0 Å². The van der Waals surface area contributed by atoms with Gasteiger partial charge in [0, 0.05) is 15.1 Å². The van der Waals surface area contributed by atoms with E-state index in [1.807, 2.05) is 24.3 Å². The number of furan rings is 1. The van der Waals surface area contributed by atoms with Gasteiger partial charge >= 0.3 is 0 Å². The first kappa shape index (κ1) is 17.6. The fourth-order valence-electron chi connectivity index (χ4n) is 2.72. The monoisotopic (exact) mass is 442 g/mol. The lowest BCUT2D eigenvalue weighted by Gasteiger charge is -2.14. The van der Waals surface area contributed by atoms with Crippen LogP contribution in [0.4, 0.5) is 5.69 Å². The molecule has 0 bridgehead atoms. The first-order valence-electron chi connectivity index (χ1n) is 8.00. The van der Waals surface area contributed by atoms with E-state index in [0.717, 1.165) is 15.0 Å². The van der Waals surface area contributed by atoms with Crippen LogP contribution in [-0.2, 0) is 9.59 Å². The SMILES string of the molecule is O=C1NN(c2cccc(Cl)c2)C(=O)/C1=C/c1ccc(-c2cccc(Br)c2)o1. The molecule has 27 heavy (non-hydrogen) atoms. The second-order valence-corrected chi connectivity index (χ2v) is 7.18. The zero-order valence-corrected chi connectivity index (χ0v) is 16.1. The largest absolute Gasteiger partial charge is 0.457 e. The van der Waals surface area contributed by atoms with Crippen molar-refractivity contribution in [1.29, 1.82) is 0 Å². The highest BCUT2D eigenvalue weighted by Crippen LogP contribution is 2.28. The first-order valence-corrected chi connectivity index (χ1v) is 9.17. The third-order valence-electron chi connectivity index (χ3n) is 3.98. The van der Waals surface area contributed by atoms with E-state index in [1.165, 1.54) is 6.08 Å². The van der Waals surface area contributed by atoms with E-state index in [1.54, 1.807) is 36.4 Å². The van der Waals surface area contributed by atoms with Gasteiger partial charge in [-0.15, -0.1) is 0 Å². The molecule has 0 spiro atoms. The minimum absolute atomic E-state index is 0.00915. The number of amides is 2. The molecular weight excluding hydrogens is 432 g/mol. The van der Waals surface area contributed by atoms with E-state index in [-0.39, 0.29) is 5.57 Å². The Balaban J connectivity index is 1.63. The van der Waals surface area contributed by atoms with E-state index in [2.05, 4.69) is 21.4 Å². The third-order valence-corrected chi connectivity index (χ3v) is 4.71. The summed E-state index contributed by atoms with van der Waals surface area (Å²) in [6, 6.07) is 17.8. The Morgan fingerprint density at radius 2 is 1.85 bits per heavy atom. The van der Waals surface area contributed by atoms with Crippen molar-refractivity contribution < 1.29 is 14.0 Å². The van der Waals surface area contributed by atoms with Gasteiger partial charge in [-0.05, 0) is 48.5 Å². The van der Waals surface area contributed by atoms with E-state index >= 15 is 0 Å². The van der Waals surface area contributed by atoms with Gasteiger partial charge < -0.3 is 4.42 Å². The second kappa shape index (κ2) is 7.06. The molecule has 1 aliphatic rings. The number of carbonyl (C=O) groups excluding carboxylic acids is 2. The zero-order valence-electron chi connectivity index (χ0n) is 13.8. The Labute approximate surface area is 168 Å². The molecule has 3 aromatic rings. The number of hydrazine groups is 1. The maximum absolute atomic E-state index is 12.6. The van der Waals surface area contributed by atoms with Crippen molar-refractivity contribution in [2.45, 2.75) is 0 Å². The van der Waals surface area contributed by atoms with Crippen LogP contribution in [0.1, 0.15) is 5.76 Å². The maximum Gasteiger partial charge on any atom is 0.282 e. The molecule has 0 aliphatic carbocycles. The summed E-state index contributed by atoms with van der Waals surface area (Å²) in [4.78, 5) is 24.9. The van der Waals surface area contributed by atoms with Crippen LogP contribution in [0.15, 0.2) is 75.1 Å². The van der Waals surface area contributed by atoms with Crippen LogP contribution in [-0.4, -0.2) is 11.8 Å². The molecule has 4 rings (SSSR count). The Bertz CT molecular complexity index is 1090. The van der Waals surface area contributed by atoms with Crippen LogP contribution in [0.25, 0.3) is 17.4 Å². The fraction of sp³-hybridized carbons (Fsp3) is 0. The minimum atomic E-state index is -0.500. The molecule has 134 valence electrons. The summed E-state index contributed by atoms with van der Waals surface area (Å²) in [6.45, 7) is 0. The van der Waals surface area contributed by atoms with Crippen molar-refractivity contribution in [3.63, 3.8) is 0 Å². The molecule has 1 fully saturated rings. The number of benzene rings is 2. The Hall–Kier alpha value is -2.83. The van der Waals surface area contributed by atoms with Gasteiger partial charge in [0.25, 0.3) is 11.8 Å². The lowest BCUT2D eigenvalue weighted by atomic mass is 10.2. The second-order valence-electron chi connectivity index (χ2n) is 5.83. The molecule has 1 saturated heterocycles. The summed E-state index contributed by atoms with van der Waals surface area (Å²) in [5.41, 5.74) is 3.89. The van der Waals surface area contributed by atoms with Gasteiger partial charge in [-0.3, -0.25) is 15.0 Å². The number of anilines is 1. The van der Waals surface area contributed by atoms with Crippen LogP contribution in [0.5, 0.6) is 0 Å². The van der Waals surface area contributed by atoms with Gasteiger partial charge in [0.2, 0.25) is 0 Å². The van der Waals surface area contributed by atoms with Gasteiger partial charge in [-0.1, -0.05) is 45.7 Å². The van der Waals surface area contributed by atoms with Crippen LogP contribution in [0.2, 0.25) is 5.02 Å². The number of nitrogens with one attached hydrogen (secondary N) is 1. The molecule has 1 aromatic heterocycles. The quantitative estimate of drug-likeness (QED) is 0.466. The van der Waals surface area contributed by atoms with Crippen LogP contribution in [0, 0.1) is 0 Å². The molecule has 0 unspecified atom stereocenters. The number of hydrogen-bond donors (Lipinski definition) is 1. The van der Waals surface area contributed by atoms with E-state index in [4.69, 9.17) is 16.0 Å². The molecule has 7 heteroatoms. The Morgan fingerprint density at radius 1 is 1.04 bits per heavy atom. The van der Waals surface area contributed by atoms with E-state index in [9.17, 15) is 9.59 Å². The van der Waals surface area contributed by atoms with Crippen molar-refractivity contribution >= 4 is 51.1 Å². The number of carbonyl (C=O) groups is 2. The molecule has 2 heterocycles. The van der Waals surface area contributed by atoms with Crippen molar-refractivity contribution in [3.05, 3.63) is 81.5 Å². The van der Waals surface area contributed by atoms with Crippen molar-refractivity contribution in [2.75, 3.05) is 5.01 Å². The molecule has 1 aliphatic heterocycles. The number of rotatable bonds is 3. The number of hydrogen-bond acceptors (Lipinski definition) is 3. The topological polar surface area (TPSA) is 62.6 Å². The van der Waals surface area contributed by atoms with Gasteiger partial charge in [-0.25, -0.2) is 5.01 Å². The molecule has 2 aromatic carbocycles. The highest BCUT2D eigenvalue weighted by Gasteiger charge is 2.34. The molecule has 0 radical (unpaired) electrons. The third kappa shape index (κ3) is 3.54. The summed E-state index contributed by atoms with van der Waals surface area (Å²) in [6.07, 6.45) is 1.43. The van der Waals surface area contributed by atoms with Crippen LogP contribution in [0.3, 0.4) is 0 Å². The fourth-order valence-corrected chi connectivity index (χ4v) is 3.31. The standard InChI is InChI=1S/C20H12BrClN2O3/c21-13-4-1-3-12(9-13)18-8-7-16(27-18)11-17-19(25)23-24(20(17)26)15-6-2-5-14(22)10-15/h1-11H,(H,23,25)/b17-11+. The van der Waals surface area contributed by atoms with E-state index < -0.39 is 11.8 Å². The van der Waals surface area contributed by atoms with Crippen LogP contribution >= 0.6 is 27.5 Å². The van der Waals surface area contributed by atoms with Crippen molar-refractivity contribution in [1.82, 2.24) is 5.43 Å². The summed E-state index contributed by atoms with van der Waals surface area (Å²) >= 11 is 9.38. The summed E-state index contributed by atoms with van der Waals surface area (Å²) < 4.78 is 6.70. The van der Waals surface area contributed by atoms with Gasteiger partial charge in [0.05, 0.1) is 5.69 Å². The average molecular weight is 444 g/mol. The normalized spacial score (nSPS) is 15.5. The molecule has 5 nitrogen and oxygen atoms in total. The smallest absolute Gasteiger partial charge is 0.282 e. The lowest BCUT2D eigenvalue weighted by molar-refractivity contribution is -0.117. The Kier molecular flexibility index (Phi) is 4.59. The molecule has 1 N–H and O–H groups in total. The predicted molar refractivity (Wildman–Crippen MR) is 107 cm³/mol. The summed E-state index contributed by atoms with van der Waals surface area (Å²) in [5.74, 6) is 0.0835. The van der Waals surface area contributed by atoms with E-state index in [0.29, 0.717) is 22.2 Å². The highest BCUT2D eigenvalue weighted by molar-refractivity contribution is 9.10. The molecule has 0 atom stereocenters. The van der Waals surface area contributed by atoms with Gasteiger partial charge in [-0.2, -0.15) is 0 Å². The number of nitrogens with zero attached hydrogens (tertiary/aromatic N) is 1. The summed E-state index contributed by atoms with van der Waals surface area (Å²) in [7, 11) is 0. The average Bonchev–Trinajstić information content (AvgIpc) is 3.22. The maximum atomic E-state index is 12.6. The predicted octanol–water partition coefficient (Wildman–Crippen LogP) is 4.82.